The van der Waals surface area contributed by atoms with E-state index in [0.29, 0.717) is 17.9 Å². The van der Waals surface area contributed by atoms with E-state index in [1.54, 1.807) is 42.7 Å². The first-order chi connectivity index (χ1) is 18.4. The summed E-state index contributed by atoms with van der Waals surface area (Å²) in [4.78, 5) is 32.1. The van der Waals surface area contributed by atoms with E-state index in [0.717, 1.165) is 26.7 Å². The van der Waals surface area contributed by atoms with Crippen LogP contribution in [0.3, 0.4) is 0 Å². The molecule has 0 unspecified atom stereocenters. The molecule has 5 rings (SSSR count). The number of amides is 1. The number of aryl methyl sites for hydroxylation is 1. The average Bonchev–Trinajstić information content (AvgIpc) is 3.18. The number of Topliss-reactive ketones (excluding diaryl/α,β-unsaturated/α-hetero) is 1. The molecule has 0 aliphatic carbocycles. The topological polar surface area (TPSA) is 79.7 Å². The van der Waals surface area contributed by atoms with E-state index < -0.39 is 17.7 Å². The number of pyridine rings is 1. The third kappa shape index (κ3) is 5.38. The van der Waals surface area contributed by atoms with Crippen molar-refractivity contribution < 1.29 is 19.4 Å². The van der Waals surface area contributed by atoms with E-state index in [9.17, 15) is 14.7 Å². The molecule has 0 bridgehead atoms. The molecule has 190 valence electrons. The fraction of sp³-hybridized carbons (Fsp3) is 0.129. The van der Waals surface area contributed by atoms with Gasteiger partial charge in [0, 0.05) is 29.0 Å². The van der Waals surface area contributed by atoms with Crippen LogP contribution in [0.15, 0.2) is 107 Å². The number of likely N-dealkylation sites (tertiary alicyclic amines) is 1. The standard InChI is InChI=1S/C31H25BrN2O4/c1-20-4-2-5-21(16-20)19-38-26-13-9-24(10-14-26)29(35)27-28(23-7-11-25(32)12-8-23)34(31(37)30(27)36)18-22-6-3-15-33-17-22/h2-17,28,35H,18-19H2,1H3/t28-/m1/s1. The van der Waals surface area contributed by atoms with Crippen LogP contribution >= 0.6 is 15.9 Å². The number of carbonyl (C=O) groups is 2. The normalized spacial score (nSPS) is 16.6. The molecule has 1 amide bonds. The van der Waals surface area contributed by atoms with Crippen molar-refractivity contribution in [2.75, 3.05) is 0 Å². The van der Waals surface area contributed by atoms with Crippen LogP contribution in [-0.4, -0.2) is 26.7 Å². The van der Waals surface area contributed by atoms with Crippen molar-refractivity contribution in [3.63, 3.8) is 0 Å². The number of hydrogen-bond donors (Lipinski definition) is 1. The molecule has 7 heteroatoms. The molecular weight excluding hydrogens is 544 g/mol. The number of rotatable bonds is 7. The molecule has 1 saturated heterocycles. The molecule has 1 atom stereocenters. The second-order valence-electron chi connectivity index (χ2n) is 9.14. The SMILES string of the molecule is Cc1cccc(COc2ccc(C(O)=C3C(=O)C(=O)N(Cc4cccnc4)[C@@H]3c3ccc(Br)cc3)cc2)c1. The maximum atomic E-state index is 13.3. The Balaban J connectivity index is 1.47. The Hall–Kier alpha value is -4.23. The van der Waals surface area contributed by atoms with Crippen molar-refractivity contribution in [2.24, 2.45) is 0 Å². The molecule has 1 aliphatic heterocycles. The van der Waals surface area contributed by atoms with Crippen LogP contribution in [0.4, 0.5) is 0 Å². The fourth-order valence-electron chi connectivity index (χ4n) is 4.56. The van der Waals surface area contributed by atoms with Crippen LogP contribution in [0.25, 0.3) is 5.76 Å². The van der Waals surface area contributed by atoms with Gasteiger partial charge in [0.05, 0.1) is 11.6 Å². The van der Waals surface area contributed by atoms with Crippen molar-refractivity contribution in [3.8, 4) is 5.75 Å². The molecule has 3 aromatic carbocycles. The molecule has 1 aliphatic rings. The summed E-state index contributed by atoms with van der Waals surface area (Å²) in [5.74, 6) is -0.986. The van der Waals surface area contributed by atoms with E-state index in [-0.39, 0.29) is 17.9 Å². The maximum Gasteiger partial charge on any atom is 0.295 e. The summed E-state index contributed by atoms with van der Waals surface area (Å²) in [6.45, 7) is 2.63. The molecule has 1 fully saturated rings. The lowest BCUT2D eigenvalue weighted by molar-refractivity contribution is -0.140. The van der Waals surface area contributed by atoms with Gasteiger partial charge in [-0.05, 0) is 66.1 Å². The third-order valence-corrected chi connectivity index (χ3v) is 6.95. The molecule has 1 N–H and O–H groups in total. The summed E-state index contributed by atoms with van der Waals surface area (Å²) in [7, 11) is 0. The lowest BCUT2D eigenvalue weighted by atomic mass is 9.95. The minimum Gasteiger partial charge on any atom is -0.507 e. The van der Waals surface area contributed by atoms with Crippen LogP contribution in [0, 0.1) is 6.92 Å². The Bertz CT molecular complexity index is 1500. The average molecular weight is 569 g/mol. The molecule has 6 nitrogen and oxygen atoms in total. The third-order valence-electron chi connectivity index (χ3n) is 6.42. The van der Waals surface area contributed by atoms with Gasteiger partial charge in [0.1, 0.15) is 18.1 Å². The highest BCUT2D eigenvalue weighted by Gasteiger charge is 2.46. The first-order valence-corrected chi connectivity index (χ1v) is 12.9. The van der Waals surface area contributed by atoms with Crippen molar-refractivity contribution in [1.82, 2.24) is 9.88 Å². The van der Waals surface area contributed by atoms with E-state index in [2.05, 4.69) is 27.0 Å². The minimum atomic E-state index is -0.749. The van der Waals surface area contributed by atoms with Crippen molar-refractivity contribution in [3.05, 3.63) is 135 Å². The number of hydrogen-bond acceptors (Lipinski definition) is 5. The number of nitrogens with zero attached hydrogens (tertiary/aromatic N) is 2. The van der Waals surface area contributed by atoms with Crippen LogP contribution < -0.4 is 4.74 Å². The Morgan fingerprint density at radius 3 is 2.39 bits per heavy atom. The zero-order chi connectivity index (χ0) is 26.6. The Labute approximate surface area is 229 Å². The van der Waals surface area contributed by atoms with Crippen molar-refractivity contribution >= 4 is 33.4 Å². The predicted molar refractivity (Wildman–Crippen MR) is 148 cm³/mol. The highest BCUT2D eigenvalue weighted by Crippen LogP contribution is 2.40. The van der Waals surface area contributed by atoms with Crippen molar-refractivity contribution in [1.29, 1.82) is 0 Å². The van der Waals surface area contributed by atoms with Gasteiger partial charge in [-0.15, -0.1) is 0 Å². The highest BCUT2D eigenvalue weighted by atomic mass is 79.9. The second kappa shape index (κ2) is 11.0. The zero-order valence-corrected chi connectivity index (χ0v) is 22.3. The van der Waals surface area contributed by atoms with Gasteiger partial charge in [-0.1, -0.05) is 64.0 Å². The minimum absolute atomic E-state index is 0.0506. The number of carbonyl (C=O) groups excluding carboxylic acids is 2. The zero-order valence-electron chi connectivity index (χ0n) is 20.7. The number of ether oxygens (including phenoxy) is 1. The summed E-state index contributed by atoms with van der Waals surface area (Å²) in [5, 5.41) is 11.3. The lowest BCUT2D eigenvalue weighted by Gasteiger charge is -2.25. The van der Waals surface area contributed by atoms with Crippen LogP contribution in [0.5, 0.6) is 5.75 Å². The van der Waals surface area contributed by atoms with Gasteiger partial charge in [-0.3, -0.25) is 14.6 Å². The molecule has 0 spiro atoms. The molecule has 1 aromatic heterocycles. The molecule has 38 heavy (non-hydrogen) atoms. The molecule has 4 aromatic rings. The van der Waals surface area contributed by atoms with E-state index in [1.165, 1.54) is 4.90 Å². The molecule has 2 heterocycles. The number of ketones is 1. The Kier molecular flexibility index (Phi) is 7.38. The summed E-state index contributed by atoms with van der Waals surface area (Å²) < 4.78 is 6.76. The van der Waals surface area contributed by atoms with Gasteiger partial charge in [-0.25, -0.2) is 0 Å². The number of aromatic nitrogens is 1. The van der Waals surface area contributed by atoms with E-state index in [1.807, 2.05) is 55.5 Å². The quantitative estimate of drug-likeness (QED) is 0.159. The fourth-order valence-corrected chi connectivity index (χ4v) is 4.82. The van der Waals surface area contributed by atoms with Gasteiger partial charge in [-0.2, -0.15) is 0 Å². The van der Waals surface area contributed by atoms with Gasteiger partial charge < -0.3 is 14.7 Å². The van der Waals surface area contributed by atoms with Crippen LogP contribution in [0.2, 0.25) is 0 Å². The van der Waals surface area contributed by atoms with E-state index in [4.69, 9.17) is 4.74 Å². The largest absolute Gasteiger partial charge is 0.507 e. The van der Waals surface area contributed by atoms with Crippen LogP contribution in [0.1, 0.15) is 33.9 Å². The van der Waals surface area contributed by atoms with Gasteiger partial charge in [0.2, 0.25) is 0 Å². The first kappa shape index (κ1) is 25.4. The van der Waals surface area contributed by atoms with Crippen LogP contribution in [-0.2, 0) is 22.7 Å². The monoisotopic (exact) mass is 568 g/mol. The number of aliphatic hydroxyl groups is 1. The van der Waals surface area contributed by atoms with Gasteiger partial charge in [0.25, 0.3) is 11.7 Å². The summed E-state index contributed by atoms with van der Waals surface area (Å²) >= 11 is 3.44. The van der Waals surface area contributed by atoms with Crippen molar-refractivity contribution in [2.45, 2.75) is 26.1 Å². The number of benzene rings is 3. The molecular formula is C31H25BrN2O4. The first-order valence-electron chi connectivity index (χ1n) is 12.1. The van der Waals surface area contributed by atoms with Gasteiger partial charge >= 0.3 is 0 Å². The molecule has 0 radical (unpaired) electrons. The maximum absolute atomic E-state index is 13.3. The van der Waals surface area contributed by atoms with Gasteiger partial charge in [0.15, 0.2) is 0 Å². The predicted octanol–water partition coefficient (Wildman–Crippen LogP) is 6.35. The smallest absolute Gasteiger partial charge is 0.295 e. The summed E-state index contributed by atoms with van der Waals surface area (Å²) in [5.41, 5.74) is 4.19. The van der Waals surface area contributed by atoms with E-state index >= 15 is 0 Å². The number of aliphatic hydroxyl groups excluding tert-OH is 1. The molecule has 0 saturated carbocycles. The Morgan fingerprint density at radius 1 is 0.974 bits per heavy atom. The number of halogens is 1. The Morgan fingerprint density at radius 2 is 1.71 bits per heavy atom. The highest BCUT2D eigenvalue weighted by molar-refractivity contribution is 9.10. The second-order valence-corrected chi connectivity index (χ2v) is 10.1. The lowest BCUT2D eigenvalue weighted by Crippen LogP contribution is -2.29. The summed E-state index contributed by atoms with van der Waals surface area (Å²) in [6, 6.07) is 25.2. The summed E-state index contributed by atoms with van der Waals surface area (Å²) in [6.07, 6.45) is 3.31.